The van der Waals surface area contributed by atoms with Gasteiger partial charge in [0.05, 0.1) is 24.0 Å². The molecule has 140 valence electrons. The van der Waals surface area contributed by atoms with Crippen LogP contribution in [0.3, 0.4) is 0 Å². The van der Waals surface area contributed by atoms with Gasteiger partial charge in [0.25, 0.3) is 0 Å². The van der Waals surface area contributed by atoms with Crippen LogP contribution in [0.4, 0.5) is 4.79 Å². The lowest BCUT2D eigenvalue weighted by molar-refractivity contribution is 0.220. The van der Waals surface area contributed by atoms with Crippen LogP contribution in [0.15, 0.2) is 47.8 Å². The molecule has 1 aromatic carbocycles. The summed E-state index contributed by atoms with van der Waals surface area (Å²) in [6.45, 7) is 2.20. The number of fused-ring (bicyclic) bond motifs is 2. The summed E-state index contributed by atoms with van der Waals surface area (Å²) in [7, 11) is 1.47. The third-order valence-corrected chi connectivity index (χ3v) is 4.22. The zero-order valence-electron chi connectivity index (χ0n) is 15.3. The summed E-state index contributed by atoms with van der Waals surface area (Å²) >= 11 is 0. The van der Waals surface area contributed by atoms with Gasteiger partial charge in [-0.15, -0.1) is 5.10 Å². The van der Waals surface area contributed by atoms with E-state index in [0.29, 0.717) is 29.2 Å². The lowest BCUT2D eigenvalue weighted by Gasteiger charge is -2.09. The minimum absolute atomic E-state index is 0.433. The van der Waals surface area contributed by atoms with E-state index >= 15 is 0 Å². The maximum Gasteiger partial charge on any atom is 0.334 e. The average molecular weight is 375 g/mol. The summed E-state index contributed by atoms with van der Waals surface area (Å²) in [5.41, 5.74) is 9.14. The Morgan fingerprint density at radius 3 is 2.96 bits per heavy atom. The highest BCUT2D eigenvalue weighted by Crippen LogP contribution is 2.15. The molecule has 0 spiro atoms. The monoisotopic (exact) mass is 375 g/mol. The molecular formula is C18H17N9O. The first-order valence-electron chi connectivity index (χ1n) is 8.50. The highest BCUT2D eigenvalue weighted by molar-refractivity contribution is 5.98. The molecule has 0 bridgehead atoms. The number of hydrogen-bond donors (Lipinski definition) is 1. The molecule has 0 saturated carbocycles. The van der Waals surface area contributed by atoms with E-state index < -0.39 is 6.03 Å². The van der Waals surface area contributed by atoms with Crippen LogP contribution in [-0.2, 0) is 6.54 Å². The lowest BCUT2D eigenvalue weighted by atomic mass is 10.1. The van der Waals surface area contributed by atoms with Gasteiger partial charge in [0.2, 0.25) is 5.65 Å². The number of hydrazone groups is 1. The predicted octanol–water partition coefficient (Wildman–Crippen LogP) is 1.55. The number of urea groups is 1. The molecule has 3 aromatic heterocycles. The molecule has 28 heavy (non-hydrogen) atoms. The van der Waals surface area contributed by atoms with E-state index in [0.717, 1.165) is 21.5 Å². The molecule has 2 N–H and O–H groups in total. The third kappa shape index (κ3) is 3.34. The van der Waals surface area contributed by atoms with Crippen molar-refractivity contribution in [1.82, 2.24) is 35.0 Å². The standard InChI is InChI=1S/C18H17N9O/c1-11(24-26(2)18(19)28)15-9-21-16-17(22-15)27(25-23-16)10-12-5-6-14-13(8-12)4-3-7-20-14/h3-9H,10H2,1-2H3,(H2,19,28)/b24-11+. The second kappa shape index (κ2) is 6.99. The molecule has 0 aliphatic rings. The van der Waals surface area contributed by atoms with Crippen molar-refractivity contribution < 1.29 is 4.79 Å². The second-order valence-electron chi connectivity index (χ2n) is 6.23. The molecule has 3 heterocycles. The van der Waals surface area contributed by atoms with Gasteiger partial charge in [0.1, 0.15) is 5.69 Å². The number of hydrogen-bond acceptors (Lipinski definition) is 7. The SMILES string of the molecule is C/C(=N\N(C)C(N)=O)c1cnc2nnn(Cc3ccc4ncccc4c3)c2n1. The van der Waals surface area contributed by atoms with Gasteiger partial charge in [-0.05, 0) is 30.7 Å². The van der Waals surface area contributed by atoms with Crippen LogP contribution in [0.25, 0.3) is 22.2 Å². The molecule has 0 saturated heterocycles. The molecule has 0 aliphatic carbocycles. The summed E-state index contributed by atoms with van der Waals surface area (Å²) in [6, 6.07) is 9.28. The number of benzene rings is 1. The smallest absolute Gasteiger partial charge is 0.334 e. The second-order valence-corrected chi connectivity index (χ2v) is 6.23. The molecule has 4 aromatic rings. The summed E-state index contributed by atoms with van der Waals surface area (Å²) in [4.78, 5) is 24.3. The first-order valence-corrected chi connectivity index (χ1v) is 8.50. The van der Waals surface area contributed by atoms with Crippen molar-refractivity contribution in [3.05, 3.63) is 54.0 Å². The van der Waals surface area contributed by atoms with Crippen molar-refractivity contribution >= 4 is 33.9 Å². The number of primary amides is 1. The summed E-state index contributed by atoms with van der Waals surface area (Å²) in [5, 5.41) is 14.4. The normalized spacial score (nSPS) is 11.9. The van der Waals surface area contributed by atoms with Gasteiger partial charge in [-0.3, -0.25) is 4.98 Å². The van der Waals surface area contributed by atoms with Crippen LogP contribution in [0.5, 0.6) is 0 Å². The topological polar surface area (TPSA) is 128 Å². The number of carbonyl (C=O) groups excluding carboxylic acids is 1. The zero-order chi connectivity index (χ0) is 19.7. The van der Waals surface area contributed by atoms with E-state index in [1.807, 2.05) is 24.3 Å². The highest BCUT2D eigenvalue weighted by Gasteiger charge is 2.12. The van der Waals surface area contributed by atoms with Crippen LogP contribution in [-0.4, -0.2) is 53.7 Å². The van der Waals surface area contributed by atoms with E-state index in [-0.39, 0.29) is 0 Å². The molecule has 0 atom stereocenters. The first kappa shape index (κ1) is 17.5. The number of amides is 2. The van der Waals surface area contributed by atoms with Crippen molar-refractivity contribution in [2.75, 3.05) is 7.05 Å². The predicted molar refractivity (Wildman–Crippen MR) is 104 cm³/mol. The van der Waals surface area contributed by atoms with Crippen molar-refractivity contribution in [2.24, 2.45) is 10.8 Å². The van der Waals surface area contributed by atoms with Gasteiger partial charge in [-0.2, -0.15) is 5.10 Å². The van der Waals surface area contributed by atoms with Crippen molar-refractivity contribution in [1.29, 1.82) is 0 Å². The number of nitrogens with two attached hydrogens (primary N) is 1. The van der Waals surface area contributed by atoms with Crippen molar-refractivity contribution in [3.8, 4) is 0 Å². The maximum absolute atomic E-state index is 11.2. The minimum Gasteiger partial charge on any atom is -0.350 e. The summed E-state index contributed by atoms with van der Waals surface area (Å²) < 4.78 is 1.68. The Labute approximate surface area is 159 Å². The number of carbonyl (C=O) groups is 1. The van der Waals surface area contributed by atoms with Crippen LogP contribution in [0.1, 0.15) is 18.2 Å². The van der Waals surface area contributed by atoms with E-state index in [2.05, 4.69) is 36.4 Å². The van der Waals surface area contributed by atoms with Gasteiger partial charge in [0, 0.05) is 18.6 Å². The van der Waals surface area contributed by atoms with E-state index in [1.165, 1.54) is 13.2 Å². The fraction of sp³-hybridized carbons (Fsp3) is 0.167. The number of pyridine rings is 1. The third-order valence-electron chi connectivity index (χ3n) is 4.22. The number of aromatic nitrogens is 6. The summed E-state index contributed by atoms with van der Waals surface area (Å²) in [6.07, 6.45) is 3.31. The molecule has 10 heteroatoms. The molecule has 0 fully saturated rings. The largest absolute Gasteiger partial charge is 0.350 e. The maximum atomic E-state index is 11.2. The first-order chi connectivity index (χ1) is 13.5. The Morgan fingerprint density at radius 1 is 1.29 bits per heavy atom. The van der Waals surface area contributed by atoms with Gasteiger partial charge >= 0.3 is 6.03 Å². The Morgan fingerprint density at radius 2 is 2.14 bits per heavy atom. The van der Waals surface area contributed by atoms with Crippen molar-refractivity contribution in [2.45, 2.75) is 13.5 Å². The fourth-order valence-corrected chi connectivity index (χ4v) is 2.76. The molecular weight excluding hydrogens is 358 g/mol. The highest BCUT2D eigenvalue weighted by atomic mass is 16.2. The van der Waals surface area contributed by atoms with Gasteiger partial charge in [0.15, 0.2) is 5.65 Å². The molecule has 0 aliphatic heterocycles. The quantitative estimate of drug-likeness (QED) is 0.426. The Bertz CT molecular complexity index is 1210. The molecule has 0 radical (unpaired) electrons. The summed E-state index contributed by atoms with van der Waals surface area (Å²) in [5.74, 6) is 0. The van der Waals surface area contributed by atoms with Gasteiger partial charge in [-0.25, -0.2) is 24.5 Å². The molecule has 2 amide bonds. The van der Waals surface area contributed by atoms with Crippen LogP contribution >= 0.6 is 0 Å². The Balaban J connectivity index is 1.68. The Hall–Kier alpha value is -3.95. The average Bonchev–Trinajstić information content (AvgIpc) is 3.09. The van der Waals surface area contributed by atoms with Crippen LogP contribution in [0, 0.1) is 0 Å². The van der Waals surface area contributed by atoms with Gasteiger partial charge < -0.3 is 5.73 Å². The Kier molecular flexibility index (Phi) is 4.36. The molecule has 4 rings (SSSR count). The van der Waals surface area contributed by atoms with E-state index in [1.54, 1.807) is 17.8 Å². The van der Waals surface area contributed by atoms with Crippen LogP contribution in [0.2, 0.25) is 0 Å². The minimum atomic E-state index is -0.661. The van der Waals surface area contributed by atoms with Crippen LogP contribution < -0.4 is 5.73 Å². The fourth-order valence-electron chi connectivity index (χ4n) is 2.76. The zero-order valence-corrected chi connectivity index (χ0v) is 15.3. The molecule has 0 unspecified atom stereocenters. The van der Waals surface area contributed by atoms with Crippen molar-refractivity contribution in [3.63, 3.8) is 0 Å². The van der Waals surface area contributed by atoms with E-state index in [9.17, 15) is 4.79 Å². The van der Waals surface area contributed by atoms with E-state index in [4.69, 9.17) is 5.73 Å². The van der Waals surface area contributed by atoms with Gasteiger partial charge in [-0.1, -0.05) is 17.3 Å². The lowest BCUT2D eigenvalue weighted by Crippen LogP contribution is -2.28. The number of nitrogens with zero attached hydrogens (tertiary/aromatic N) is 8. The number of rotatable bonds is 4. The molecule has 10 nitrogen and oxygen atoms in total.